The van der Waals surface area contributed by atoms with E-state index in [-0.39, 0.29) is 29.4 Å². The van der Waals surface area contributed by atoms with Gasteiger partial charge in [-0.3, -0.25) is 4.79 Å². The molecule has 0 bridgehead atoms. The molecule has 1 aromatic carbocycles. The number of ether oxygens (including phenoxy) is 1. The standard InChI is InChI=1S/C21H31N3O2/c1-14(2)26-20-22-19(17-10-8-15(3)9-11-17)24(23-20)18(25)12-16(4)13-21(5,6)7/h8-11,14,16H,12-13H2,1-7H3. The fourth-order valence-electron chi connectivity index (χ4n) is 3.12. The van der Waals surface area contributed by atoms with Gasteiger partial charge in [-0.25, -0.2) is 0 Å². The lowest BCUT2D eigenvalue weighted by atomic mass is 9.84. The molecule has 1 heterocycles. The Morgan fingerprint density at radius 1 is 1.15 bits per heavy atom. The molecule has 5 heteroatoms. The molecule has 0 amide bonds. The van der Waals surface area contributed by atoms with Gasteiger partial charge < -0.3 is 4.74 Å². The van der Waals surface area contributed by atoms with Crippen LogP contribution in [0.3, 0.4) is 0 Å². The first-order valence-electron chi connectivity index (χ1n) is 9.29. The van der Waals surface area contributed by atoms with Crippen molar-refractivity contribution in [2.45, 2.75) is 67.4 Å². The van der Waals surface area contributed by atoms with Crippen LogP contribution in [0.2, 0.25) is 0 Å². The van der Waals surface area contributed by atoms with E-state index in [9.17, 15) is 4.79 Å². The van der Waals surface area contributed by atoms with Crippen molar-refractivity contribution in [3.63, 3.8) is 0 Å². The Hall–Kier alpha value is -2.17. The summed E-state index contributed by atoms with van der Waals surface area (Å²) in [6.45, 7) is 14.5. The number of aryl methyl sites for hydroxylation is 1. The first kappa shape index (κ1) is 20.1. The van der Waals surface area contributed by atoms with Crippen molar-refractivity contribution in [3.05, 3.63) is 29.8 Å². The maximum absolute atomic E-state index is 12.9. The lowest BCUT2D eigenvalue weighted by Gasteiger charge is -2.22. The topological polar surface area (TPSA) is 57.0 Å². The highest BCUT2D eigenvalue weighted by atomic mass is 16.5. The van der Waals surface area contributed by atoms with Crippen LogP contribution < -0.4 is 4.74 Å². The van der Waals surface area contributed by atoms with E-state index < -0.39 is 0 Å². The molecular formula is C21H31N3O2. The minimum absolute atomic E-state index is 0.0494. The normalized spacial score (nSPS) is 13.1. The van der Waals surface area contributed by atoms with Crippen LogP contribution in [-0.2, 0) is 0 Å². The average molecular weight is 357 g/mol. The molecule has 0 aliphatic carbocycles. The van der Waals surface area contributed by atoms with Gasteiger partial charge in [0.05, 0.1) is 6.10 Å². The third-order valence-corrected chi connectivity index (χ3v) is 3.96. The van der Waals surface area contributed by atoms with Gasteiger partial charge in [0.1, 0.15) is 0 Å². The fourth-order valence-corrected chi connectivity index (χ4v) is 3.12. The second-order valence-corrected chi connectivity index (χ2v) is 8.63. The molecule has 2 aromatic rings. The summed E-state index contributed by atoms with van der Waals surface area (Å²) in [7, 11) is 0. The van der Waals surface area contributed by atoms with Crippen LogP contribution in [-0.4, -0.2) is 26.8 Å². The molecule has 0 N–H and O–H groups in total. The van der Waals surface area contributed by atoms with Crippen LogP contribution >= 0.6 is 0 Å². The van der Waals surface area contributed by atoms with E-state index in [4.69, 9.17) is 4.74 Å². The molecule has 0 radical (unpaired) electrons. The highest BCUT2D eigenvalue weighted by Gasteiger charge is 2.23. The summed E-state index contributed by atoms with van der Waals surface area (Å²) in [5, 5.41) is 4.33. The van der Waals surface area contributed by atoms with Crippen molar-refractivity contribution in [1.82, 2.24) is 14.8 Å². The number of aromatic nitrogens is 3. The van der Waals surface area contributed by atoms with E-state index in [2.05, 4.69) is 37.8 Å². The number of rotatable bonds is 6. The summed E-state index contributed by atoms with van der Waals surface area (Å²) in [6, 6.07) is 8.17. The summed E-state index contributed by atoms with van der Waals surface area (Å²) < 4.78 is 7.03. The lowest BCUT2D eigenvalue weighted by molar-refractivity contribution is 0.0854. The van der Waals surface area contributed by atoms with Crippen LogP contribution in [0.1, 0.15) is 64.7 Å². The Kier molecular flexibility index (Phi) is 6.21. The minimum atomic E-state index is -0.0524. The van der Waals surface area contributed by atoms with Gasteiger partial charge in [-0.15, -0.1) is 5.10 Å². The highest BCUT2D eigenvalue weighted by molar-refractivity contribution is 5.82. The smallest absolute Gasteiger partial charge is 0.336 e. The van der Waals surface area contributed by atoms with Crippen molar-refractivity contribution in [3.8, 4) is 17.4 Å². The number of hydrogen-bond acceptors (Lipinski definition) is 4. The molecule has 0 fully saturated rings. The van der Waals surface area contributed by atoms with Gasteiger partial charge in [0.25, 0.3) is 0 Å². The summed E-state index contributed by atoms with van der Waals surface area (Å²) in [5.74, 6) is 0.754. The van der Waals surface area contributed by atoms with Crippen LogP contribution in [0.15, 0.2) is 24.3 Å². The zero-order valence-electron chi connectivity index (χ0n) is 17.0. The Bertz CT molecular complexity index is 740. The van der Waals surface area contributed by atoms with Crippen molar-refractivity contribution in [2.75, 3.05) is 0 Å². The van der Waals surface area contributed by atoms with E-state index in [0.29, 0.717) is 12.2 Å². The molecule has 1 atom stereocenters. The Morgan fingerprint density at radius 2 is 1.77 bits per heavy atom. The summed E-state index contributed by atoms with van der Waals surface area (Å²) in [6.07, 6.45) is 1.36. The Labute approximate surface area is 156 Å². The number of carbonyl (C=O) groups is 1. The molecule has 142 valence electrons. The van der Waals surface area contributed by atoms with Crippen molar-refractivity contribution < 1.29 is 9.53 Å². The molecule has 1 aromatic heterocycles. The maximum atomic E-state index is 12.9. The number of nitrogens with zero attached hydrogens (tertiary/aromatic N) is 3. The SMILES string of the molecule is Cc1ccc(-c2nc(OC(C)C)nn2C(=O)CC(C)CC(C)(C)C)cc1. The molecular weight excluding hydrogens is 326 g/mol. The van der Waals surface area contributed by atoms with E-state index in [1.165, 1.54) is 4.68 Å². The first-order chi connectivity index (χ1) is 12.0. The van der Waals surface area contributed by atoms with E-state index in [1.54, 1.807) is 0 Å². The van der Waals surface area contributed by atoms with Gasteiger partial charge in [0, 0.05) is 12.0 Å². The third kappa shape index (κ3) is 5.68. The molecule has 0 aliphatic rings. The predicted octanol–water partition coefficient (Wildman–Crippen LogP) is 5.14. The minimum Gasteiger partial charge on any atom is -0.460 e. The molecule has 2 rings (SSSR count). The summed E-state index contributed by atoms with van der Waals surface area (Å²) in [5.41, 5.74) is 2.20. The van der Waals surface area contributed by atoms with Crippen LogP contribution in [0.5, 0.6) is 6.01 Å². The van der Waals surface area contributed by atoms with Gasteiger partial charge in [-0.2, -0.15) is 9.67 Å². The third-order valence-electron chi connectivity index (χ3n) is 3.96. The molecule has 5 nitrogen and oxygen atoms in total. The van der Waals surface area contributed by atoms with E-state index >= 15 is 0 Å². The molecule has 0 saturated carbocycles. The predicted molar refractivity (Wildman–Crippen MR) is 104 cm³/mol. The summed E-state index contributed by atoms with van der Waals surface area (Å²) >= 11 is 0. The highest BCUT2D eigenvalue weighted by Crippen LogP contribution is 2.27. The molecule has 1 unspecified atom stereocenters. The Morgan fingerprint density at radius 3 is 2.31 bits per heavy atom. The lowest BCUT2D eigenvalue weighted by Crippen LogP contribution is -2.20. The number of hydrogen-bond donors (Lipinski definition) is 0. The van der Waals surface area contributed by atoms with Gasteiger partial charge in [-0.1, -0.05) is 57.5 Å². The number of benzene rings is 1. The molecule has 0 aliphatic heterocycles. The van der Waals surface area contributed by atoms with Crippen molar-refractivity contribution >= 4 is 5.91 Å². The molecule has 0 spiro atoms. The second-order valence-electron chi connectivity index (χ2n) is 8.63. The Balaban J connectivity index is 2.31. The van der Waals surface area contributed by atoms with Crippen LogP contribution in [0.4, 0.5) is 0 Å². The number of carbonyl (C=O) groups excluding carboxylic acids is 1. The molecule has 0 saturated heterocycles. The monoisotopic (exact) mass is 357 g/mol. The molecule has 26 heavy (non-hydrogen) atoms. The van der Waals surface area contributed by atoms with Gasteiger partial charge in [0.15, 0.2) is 5.82 Å². The quantitative estimate of drug-likeness (QED) is 0.718. The van der Waals surface area contributed by atoms with Gasteiger partial charge in [-0.05, 0) is 38.5 Å². The van der Waals surface area contributed by atoms with Crippen LogP contribution in [0, 0.1) is 18.3 Å². The zero-order chi connectivity index (χ0) is 19.5. The zero-order valence-corrected chi connectivity index (χ0v) is 17.0. The maximum Gasteiger partial charge on any atom is 0.336 e. The largest absolute Gasteiger partial charge is 0.460 e. The van der Waals surface area contributed by atoms with Crippen LogP contribution in [0.25, 0.3) is 11.4 Å². The van der Waals surface area contributed by atoms with Crippen molar-refractivity contribution in [1.29, 1.82) is 0 Å². The van der Waals surface area contributed by atoms with E-state index in [1.807, 2.05) is 45.0 Å². The average Bonchev–Trinajstić information content (AvgIpc) is 2.89. The van der Waals surface area contributed by atoms with Gasteiger partial charge >= 0.3 is 6.01 Å². The van der Waals surface area contributed by atoms with E-state index in [0.717, 1.165) is 17.5 Å². The summed E-state index contributed by atoms with van der Waals surface area (Å²) in [4.78, 5) is 17.4. The van der Waals surface area contributed by atoms with Gasteiger partial charge in [0.2, 0.25) is 5.91 Å². The first-order valence-corrected chi connectivity index (χ1v) is 9.29. The fraction of sp³-hybridized carbons (Fsp3) is 0.571. The second kappa shape index (κ2) is 8.02. The van der Waals surface area contributed by atoms with Crippen molar-refractivity contribution in [2.24, 2.45) is 11.3 Å².